The van der Waals surface area contributed by atoms with Gasteiger partial charge in [0, 0.05) is 33.4 Å². The second-order valence-electron chi connectivity index (χ2n) is 18.0. The van der Waals surface area contributed by atoms with Gasteiger partial charge in [-0.1, -0.05) is 194 Å². The molecule has 1 unspecified atom stereocenters. The Balaban J connectivity index is 0.937. The van der Waals surface area contributed by atoms with Crippen LogP contribution in [0.25, 0.3) is 88.3 Å². The van der Waals surface area contributed by atoms with Crippen molar-refractivity contribution in [2.24, 2.45) is 0 Å². The van der Waals surface area contributed by atoms with Crippen LogP contribution in [0.1, 0.15) is 22.3 Å². The molecular weight excluding hydrogens is 811 g/mol. The molecule has 1 atom stereocenters. The molecule has 0 saturated carbocycles. The molecule has 12 aromatic rings. The van der Waals surface area contributed by atoms with Gasteiger partial charge in [-0.05, 0) is 138 Å². The SMILES string of the molecule is c1ccc(-c2ccc3c(c2)C2(c4ccccc4-3)c3ccccc3-c3ccc(N(c4ccc(-c5ccc6oc7c(-c8ccccc8)cccc7c6c5)cc4)c4ccc5ccccc5c4)cc32)cc1. The third kappa shape index (κ3) is 5.63. The second-order valence-corrected chi connectivity index (χ2v) is 18.0. The van der Waals surface area contributed by atoms with Crippen LogP contribution in [-0.4, -0.2) is 0 Å². The third-order valence-corrected chi connectivity index (χ3v) is 14.5. The number of para-hydroxylation sites is 1. The summed E-state index contributed by atoms with van der Waals surface area (Å²) in [4.78, 5) is 2.44. The van der Waals surface area contributed by atoms with E-state index in [0.717, 1.165) is 61.3 Å². The summed E-state index contributed by atoms with van der Waals surface area (Å²) in [5, 5.41) is 4.66. The zero-order valence-electron chi connectivity index (χ0n) is 36.5. The fourth-order valence-electron chi connectivity index (χ4n) is 11.5. The van der Waals surface area contributed by atoms with Gasteiger partial charge in [-0.25, -0.2) is 0 Å². The molecule has 0 amide bonds. The number of rotatable bonds is 6. The summed E-state index contributed by atoms with van der Waals surface area (Å²) in [5.74, 6) is 0. The molecule has 0 radical (unpaired) electrons. The highest BCUT2D eigenvalue weighted by molar-refractivity contribution is 6.10. The normalized spacial score (nSPS) is 14.3. The zero-order valence-corrected chi connectivity index (χ0v) is 36.5. The summed E-state index contributed by atoms with van der Waals surface area (Å²) >= 11 is 0. The second kappa shape index (κ2) is 14.7. The Morgan fingerprint density at radius 1 is 0.284 bits per heavy atom. The van der Waals surface area contributed by atoms with Gasteiger partial charge in [0.25, 0.3) is 0 Å². The first-order valence-electron chi connectivity index (χ1n) is 23.2. The number of nitrogens with zero attached hydrogens (tertiary/aromatic N) is 1. The monoisotopic (exact) mass is 851 g/mol. The highest BCUT2D eigenvalue weighted by atomic mass is 16.3. The molecule has 2 heteroatoms. The van der Waals surface area contributed by atoms with Crippen LogP contribution in [0, 0.1) is 0 Å². The summed E-state index contributed by atoms with van der Waals surface area (Å²) in [5.41, 5.74) is 22.1. The molecule has 2 aliphatic rings. The van der Waals surface area contributed by atoms with E-state index in [1.54, 1.807) is 0 Å². The van der Waals surface area contributed by atoms with E-state index in [9.17, 15) is 0 Å². The van der Waals surface area contributed by atoms with Crippen LogP contribution in [0.3, 0.4) is 0 Å². The number of fused-ring (bicyclic) bond motifs is 14. The molecule has 0 bridgehead atoms. The van der Waals surface area contributed by atoms with E-state index < -0.39 is 5.41 Å². The van der Waals surface area contributed by atoms with E-state index in [0.29, 0.717) is 0 Å². The highest BCUT2D eigenvalue weighted by Gasteiger charge is 2.52. The molecular formula is C65H41NO. The van der Waals surface area contributed by atoms with Crippen molar-refractivity contribution in [1.82, 2.24) is 0 Å². The molecule has 67 heavy (non-hydrogen) atoms. The Kier molecular flexibility index (Phi) is 8.23. The standard InChI is InChI=1S/C65H41NO/c1-3-14-42(15-4-1)48-29-35-55-53-20-9-11-24-59(53)65(61(55)40-48)60-25-12-10-21-54(60)56-36-34-51(41-62(56)65)66(50-33-28-43-16-7-8-19-46(43)38-50)49-31-26-44(27-32-49)47-30-37-63-58(39-47)57-23-13-22-52(64(57)67-63)45-17-5-2-6-18-45/h1-41H. The third-order valence-electron chi connectivity index (χ3n) is 14.5. The lowest BCUT2D eigenvalue weighted by atomic mass is 9.70. The number of hydrogen-bond donors (Lipinski definition) is 0. The predicted octanol–water partition coefficient (Wildman–Crippen LogP) is 17.6. The van der Waals surface area contributed by atoms with Crippen molar-refractivity contribution in [3.05, 3.63) is 271 Å². The minimum Gasteiger partial charge on any atom is -0.455 e. The zero-order chi connectivity index (χ0) is 44.1. The maximum absolute atomic E-state index is 6.55. The van der Waals surface area contributed by atoms with Crippen LogP contribution in [0.2, 0.25) is 0 Å². The fourth-order valence-corrected chi connectivity index (χ4v) is 11.5. The summed E-state index contributed by atoms with van der Waals surface area (Å²) in [6, 6.07) is 91.4. The van der Waals surface area contributed by atoms with E-state index in [-0.39, 0.29) is 0 Å². The lowest BCUT2D eigenvalue weighted by Crippen LogP contribution is -2.26. The maximum Gasteiger partial charge on any atom is 0.143 e. The van der Waals surface area contributed by atoms with Crippen molar-refractivity contribution in [3.8, 4) is 55.6 Å². The van der Waals surface area contributed by atoms with Crippen molar-refractivity contribution in [1.29, 1.82) is 0 Å². The van der Waals surface area contributed by atoms with E-state index >= 15 is 0 Å². The molecule has 1 aromatic heterocycles. The van der Waals surface area contributed by atoms with Gasteiger partial charge in [-0.2, -0.15) is 0 Å². The Labute approximate surface area is 389 Å². The summed E-state index contributed by atoms with van der Waals surface area (Å²) < 4.78 is 6.55. The number of hydrogen-bond acceptors (Lipinski definition) is 2. The molecule has 1 heterocycles. The smallest absolute Gasteiger partial charge is 0.143 e. The van der Waals surface area contributed by atoms with E-state index in [1.807, 2.05) is 0 Å². The van der Waals surface area contributed by atoms with Crippen LogP contribution in [0.5, 0.6) is 0 Å². The Bertz CT molecular complexity index is 3910. The first-order valence-corrected chi connectivity index (χ1v) is 23.2. The van der Waals surface area contributed by atoms with Crippen LogP contribution in [0.15, 0.2) is 253 Å². The van der Waals surface area contributed by atoms with Crippen molar-refractivity contribution < 1.29 is 4.42 Å². The van der Waals surface area contributed by atoms with Gasteiger partial charge >= 0.3 is 0 Å². The van der Waals surface area contributed by atoms with Crippen molar-refractivity contribution >= 4 is 49.8 Å². The minimum absolute atomic E-state index is 0.505. The van der Waals surface area contributed by atoms with Gasteiger partial charge in [0.15, 0.2) is 0 Å². The first kappa shape index (κ1) is 37.6. The van der Waals surface area contributed by atoms with E-state index in [2.05, 4.69) is 254 Å². The minimum atomic E-state index is -0.505. The lowest BCUT2D eigenvalue weighted by Gasteiger charge is -2.32. The molecule has 2 nitrogen and oxygen atoms in total. The average Bonchev–Trinajstić information content (AvgIpc) is 4.03. The van der Waals surface area contributed by atoms with E-state index in [4.69, 9.17) is 4.42 Å². The summed E-state index contributed by atoms with van der Waals surface area (Å²) in [7, 11) is 0. The fraction of sp³-hybridized carbons (Fsp3) is 0.0154. The van der Waals surface area contributed by atoms with Gasteiger partial charge in [0.2, 0.25) is 0 Å². The van der Waals surface area contributed by atoms with Crippen molar-refractivity contribution in [2.75, 3.05) is 4.90 Å². The van der Waals surface area contributed by atoms with Crippen LogP contribution in [-0.2, 0) is 5.41 Å². The first-order chi connectivity index (χ1) is 33.2. The molecule has 11 aromatic carbocycles. The Morgan fingerprint density at radius 3 is 1.57 bits per heavy atom. The number of furan rings is 1. The molecule has 312 valence electrons. The van der Waals surface area contributed by atoms with Crippen LogP contribution in [0.4, 0.5) is 17.1 Å². The van der Waals surface area contributed by atoms with Crippen LogP contribution < -0.4 is 4.90 Å². The van der Waals surface area contributed by atoms with Crippen molar-refractivity contribution in [3.63, 3.8) is 0 Å². The van der Waals surface area contributed by atoms with Crippen LogP contribution >= 0.6 is 0 Å². The molecule has 0 fully saturated rings. The van der Waals surface area contributed by atoms with Gasteiger partial charge in [-0.3, -0.25) is 0 Å². The van der Waals surface area contributed by atoms with Crippen molar-refractivity contribution in [2.45, 2.75) is 5.41 Å². The molecule has 1 spiro atoms. The average molecular weight is 852 g/mol. The van der Waals surface area contributed by atoms with Gasteiger partial charge in [0.05, 0.1) is 5.41 Å². The molecule has 0 N–H and O–H groups in total. The van der Waals surface area contributed by atoms with Gasteiger partial charge in [-0.15, -0.1) is 0 Å². The summed E-state index contributed by atoms with van der Waals surface area (Å²) in [6.07, 6.45) is 0. The predicted molar refractivity (Wildman–Crippen MR) is 279 cm³/mol. The van der Waals surface area contributed by atoms with E-state index in [1.165, 1.54) is 66.4 Å². The quantitative estimate of drug-likeness (QED) is 0.166. The topological polar surface area (TPSA) is 16.4 Å². The molecule has 14 rings (SSSR count). The summed E-state index contributed by atoms with van der Waals surface area (Å²) in [6.45, 7) is 0. The highest BCUT2D eigenvalue weighted by Crippen LogP contribution is 2.64. The van der Waals surface area contributed by atoms with Gasteiger partial charge < -0.3 is 9.32 Å². The van der Waals surface area contributed by atoms with Gasteiger partial charge in [0.1, 0.15) is 11.2 Å². The lowest BCUT2D eigenvalue weighted by molar-refractivity contribution is 0.670. The Hall–Kier alpha value is -8.72. The maximum atomic E-state index is 6.55. The Morgan fingerprint density at radius 2 is 0.806 bits per heavy atom. The molecule has 2 aliphatic carbocycles. The largest absolute Gasteiger partial charge is 0.455 e. The number of anilines is 3. The number of benzene rings is 11. The molecule has 0 saturated heterocycles. The molecule has 0 aliphatic heterocycles.